The van der Waals surface area contributed by atoms with Gasteiger partial charge < -0.3 is 10.3 Å². The van der Waals surface area contributed by atoms with Crippen LogP contribution in [0, 0.1) is 11.7 Å². The van der Waals surface area contributed by atoms with Crippen LogP contribution >= 0.6 is 15.9 Å². The van der Waals surface area contributed by atoms with E-state index in [1.54, 1.807) is 23.0 Å². The average molecular weight is 476 g/mol. The van der Waals surface area contributed by atoms with Gasteiger partial charge >= 0.3 is 0 Å². The van der Waals surface area contributed by atoms with Gasteiger partial charge in [0, 0.05) is 12.7 Å². The highest BCUT2D eigenvalue weighted by molar-refractivity contribution is 9.10. The third-order valence-corrected chi connectivity index (χ3v) is 6.63. The Balaban J connectivity index is 1.69. The van der Waals surface area contributed by atoms with Gasteiger partial charge in [-0.3, -0.25) is 9.48 Å². The zero-order valence-corrected chi connectivity index (χ0v) is 18.7. The minimum Gasteiger partial charge on any atom is -0.340 e. The Hall–Kier alpha value is -2.22. The largest absolute Gasteiger partial charge is 0.340 e. The lowest BCUT2D eigenvalue weighted by Crippen LogP contribution is -2.35. The number of nitrogens with zero attached hydrogens (tertiary/aromatic N) is 3. The van der Waals surface area contributed by atoms with Crippen LogP contribution in [0.1, 0.15) is 74.2 Å². The first-order valence-electron chi connectivity index (χ1n) is 10.7. The quantitative estimate of drug-likeness (QED) is 0.510. The molecule has 2 N–H and O–H groups in total. The van der Waals surface area contributed by atoms with Crippen LogP contribution in [0.15, 0.2) is 28.9 Å². The monoisotopic (exact) mass is 475 g/mol. The van der Waals surface area contributed by atoms with Gasteiger partial charge in [-0.25, -0.2) is 9.37 Å². The molecule has 1 atom stereocenters. The van der Waals surface area contributed by atoms with Gasteiger partial charge in [-0.2, -0.15) is 5.10 Å². The third-order valence-electron chi connectivity index (χ3n) is 6.02. The number of rotatable bonds is 5. The van der Waals surface area contributed by atoms with Gasteiger partial charge in [-0.1, -0.05) is 32.1 Å². The van der Waals surface area contributed by atoms with Crippen molar-refractivity contribution in [2.45, 2.75) is 64.5 Å². The van der Waals surface area contributed by atoms with Crippen LogP contribution < -0.4 is 5.32 Å². The molecule has 0 radical (unpaired) electrons. The Morgan fingerprint density at radius 2 is 2.00 bits per heavy atom. The second-order valence-corrected chi connectivity index (χ2v) is 8.82. The van der Waals surface area contributed by atoms with Crippen LogP contribution in [-0.2, 0) is 6.54 Å². The van der Waals surface area contributed by atoms with Gasteiger partial charge in [0.2, 0.25) is 0 Å². The van der Waals surface area contributed by atoms with Crippen molar-refractivity contribution < 1.29 is 9.18 Å². The molecule has 160 valence electrons. The van der Waals surface area contributed by atoms with Gasteiger partial charge in [0.25, 0.3) is 5.91 Å². The number of fused-ring (bicyclic) bond motifs is 1. The smallest absolute Gasteiger partial charge is 0.270 e. The first kappa shape index (κ1) is 21.0. The summed E-state index contributed by atoms with van der Waals surface area (Å²) in [4.78, 5) is 21.0. The number of benzene rings is 1. The highest BCUT2D eigenvalue weighted by atomic mass is 79.9. The fourth-order valence-corrected chi connectivity index (χ4v) is 4.73. The molecule has 4 rings (SSSR count). The van der Waals surface area contributed by atoms with Crippen molar-refractivity contribution in [3.05, 3.63) is 46.2 Å². The number of hydrogen-bond donors (Lipinski definition) is 2. The van der Waals surface area contributed by atoms with E-state index < -0.39 is 0 Å². The molecular formula is C22H27BrFN5O. The summed E-state index contributed by atoms with van der Waals surface area (Å²) in [5, 5.41) is 7.41. The number of carbonyl (C=O) groups is 1. The minimum atomic E-state index is -0.387. The molecule has 1 aliphatic carbocycles. The predicted octanol–water partition coefficient (Wildman–Crippen LogP) is 5.51. The normalized spacial score (nSPS) is 16.9. The Bertz CT molecular complexity index is 1020. The van der Waals surface area contributed by atoms with E-state index in [9.17, 15) is 9.18 Å². The SMILES string of the molecule is CCn1nccc1C(=O)NC(c1nc2c(F)c(Br)ccc2[nH]1)C1CCCCCCC1. The van der Waals surface area contributed by atoms with E-state index in [4.69, 9.17) is 0 Å². The first-order chi connectivity index (χ1) is 14.6. The Labute approximate surface area is 183 Å². The lowest BCUT2D eigenvalue weighted by molar-refractivity contribution is 0.0901. The summed E-state index contributed by atoms with van der Waals surface area (Å²) in [6.45, 7) is 2.57. The summed E-state index contributed by atoms with van der Waals surface area (Å²) < 4.78 is 16.7. The summed E-state index contributed by atoms with van der Waals surface area (Å²) in [5.74, 6) is 0.299. The summed E-state index contributed by atoms with van der Waals surface area (Å²) in [6, 6.07) is 4.90. The van der Waals surface area contributed by atoms with Crippen molar-refractivity contribution in [2.24, 2.45) is 5.92 Å². The van der Waals surface area contributed by atoms with Crippen LogP contribution in [0.4, 0.5) is 4.39 Å². The van der Waals surface area contributed by atoms with Crippen molar-refractivity contribution >= 4 is 32.9 Å². The number of aromatic amines is 1. The molecule has 1 fully saturated rings. The maximum absolute atomic E-state index is 14.6. The van der Waals surface area contributed by atoms with Gasteiger partial charge in [0.15, 0.2) is 5.82 Å². The molecule has 0 saturated heterocycles. The van der Waals surface area contributed by atoms with Crippen molar-refractivity contribution in [2.75, 3.05) is 0 Å². The second-order valence-electron chi connectivity index (χ2n) is 7.97. The number of H-pyrrole nitrogens is 1. The molecule has 30 heavy (non-hydrogen) atoms. The minimum absolute atomic E-state index is 0.177. The first-order valence-corrected chi connectivity index (χ1v) is 11.5. The maximum Gasteiger partial charge on any atom is 0.270 e. The Morgan fingerprint density at radius 1 is 1.27 bits per heavy atom. The summed E-state index contributed by atoms with van der Waals surface area (Å²) >= 11 is 3.23. The Kier molecular flexibility index (Phi) is 6.51. The predicted molar refractivity (Wildman–Crippen MR) is 118 cm³/mol. The number of aromatic nitrogens is 4. The van der Waals surface area contributed by atoms with Gasteiger partial charge in [-0.05, 0) is 59.8 Å². The maximum atomic E-state index is 14.6. The molecule has 2 aromatic heterocycles. The van der Waals surface area contributed by atoms with Crippen LogP contribution in [0.2, 0.25) is 0 Å². The number of nitrogens with one attached hydrogen (secondary N) is 2. The molecule has 2 heterocycles. The molecule has 1 aromatic carbocycles. The lowest BCUT2D eigenvalue weighted by atomic mass is 9.85. The number of halogens is 2. The molecule has 0 aliphatic heterocycles. The number of hydrogen-bond acceptors (Lipinski definition) is 3. The number of amides is 1. The summed E-state index contributed by atoms with van der Waals surface area (Å²) in [5.41, 5.74) is 1.45. The van der Waals surface area contributed by atoms with E-state index in [1.807, 2.05) is 13.0 Å². The zero-order chi connectivity index (χ0) is 21.1. The van der Waals surface area contributed by atoms with E-state index in [0.717, 1.165) is 25.7 Å². The molecular weight excluding hydrogens is 449 g/mol. The highest BCUT2D eigenvalue weighted by Gasteiger charge is 2.29. The van der Waals surface area contributed by atoms with Crippen LogP contribution in [0.3, 0.4) is 0 Å². The van der Waals surface area contributed by atoms with E-state index in [2.05, 4.69) is 36.3 Å². The van der Waals surface area contributed by atoms with E-state index in [-0.39, 0.29) is 23.7 Å². The average Bonchev–Trinajstić information content (AvgIpc) is 3.36. The fourth-order valence-electron chi connectivity index (χ4n) is 4.41. The van der Waals surface area contributed by atoms with Crippen molar-refractivity contribution in [1.82, 2.24) is 25.1 Å². The van der Waals surface area contributed by atoms with E-state index >= 15 is 0 Å². The van der Waals surface area contributed by atoms with E-state index in [1.165, 1.54) is 19.3 Å². The van der Waals surface area contributed by atoms with Crippen molar-refractivity contribution in [1.29, 1.82) is 0 Å². The van der Waals surface area contributed by atoms with Gasteiger partial charge in [0.1, 0.15) is 17.0 Å². The topological polar surface area (TPSA) is 75.6 Å². The van der Waals surface area contributed by atoms with Crippen LogP contribution in [-0.4, -0.2) is 25.7 Å². The number of carbonyl (C=O) groups excluding carboxylic acids is 1. The van der Waals surface area contributed by atoms with Crippen molar-refractivity contribution in [3.63, 3.8) is 0 Å². The summed E-state index contributed by atoms with van der Waals surface area (Å²) in [7, 11) is 0. The standard InChI is InChI=1S/C22H27BrFN5O/c1-2-29-17(12-13-25-29)22(30)28-19(14-8-6-4-3-5-7-9-14)21-26-16-11-10-15(23)18(24)20(16)27-21/h10-14,19H,2-9H2,1H3,(H,26,27)(H,28,30). The molecule has 3 aromatic rings. The Morgan fingerprint density at radius 3 is 2.73 bits per heavy atom. The molecule has 8 heteroatoms. The fraction of sp³-hybridized carbons (Fsp3) is 0.500. The molecule has 1 aliphatic rings. The van der Waals surface area contributed by atoms with Gasteiger partial charge in [0.05, 0.1) is 16.0 Å². The zero-order valence-electron chi connectivity index (χ0n) is 17.1. The molecule has 6 nitrogen and oxygen atoms in total. The lowest BCUT2D eigenvalue weighted by Gasteiger charge is -2.28. The summed E-state index contributed by atoms with van der Waals surface area (Å²) in [6.07, 6.45) is 9.61. The molecule has 1 saturated carbocycles. The van der Waals surface area contributed by atoms with Crippen molar-refractivity contribution in [3.8, 4) is 0 Å². The molecule has 0 bridgehead atoms. The number of imidazole rings is 1. The molecule has 0 spiro atoms. The molecule has 1 amide bonds. The second kappa shape index (κ2) is 9.29. The third kappa shape index (κ3) is 4.29. The molecule has 1 unspecified atom stereocenters. The van der Waals surface area contributed by atoms with E-state index in [0.29, 0.717) is 33.6 Å². The van der Waals surface area contributed by atoms with Crippen LogP contribution in [0.25, 0.3) is 11.0 Å². The van der Waals surface area contributed by atoms with Gasteiger partial charge in [-0.15, -0.1) is 0 Å². The number of aryl methyl sites for hydroxylation is 1. The van der Waals surface area contributed by atoms with Crippen LogP contribution in [0.5, 0.6) is 0 Å². The highest BCUT2D eigenvalue weighted by Crippen LogP contribution is 2.34.